The second-order valence-electron chi connectivity index (χ2n) is 7.14. The van der Waals surface area contributed by atoms with Crippen molar-refractivity contribution in [3.8, 4) is 17.2 Å². The van der Waals surface area contributed by atoms with Crippen LogP contribution in [0.1, 0.15) is 51.0 Å². The molecule has 0 saturated heterocycles. The highest BCUT2D eigenvalue weighted by atomic mass is 16.5. The van der Waals surface area contributed by atoms with Gasteiger partial charge in [-0.3, -0.25) is 0 Å². The number of nitrogens with one attached hydrogen (secondary N) is 2. The summed E-state index contributed by atoms with van der Waals surface area (Å²) in [7, 11) is 4.83. The number of benzene rings is 1. The van der Waals surface area contributed by atoms with E-state index < -0.39 is 0 Å². The van der Waals surface area contributed by atoms with E-state index in [1.807, 2.05) is 12.1 Å². The van der Waals surface area contributed by atoms with E-state index in [0.29, 0.717) is 29.9 Å². The van der Waals surface area contributed by atoms with Gasteiger partial charge in [-0.05, 0) is 43.9 Å². The second kappa shape index (κ2) is 13.1. The third kappa shape index (κ3) is 7.65. The van der Waals surface area contributed by atoms with E-state index in [1.165, 1.54) is 32.1 Å². The molecular formula is C22H37N3O4. The standard InChI is InChI=1S/C22H37N3O4/c1-5-23-22(24-12-9-13-29-18-10-7-6-8-11-18)25-16-17-14-19(26-2)21(28-4)20(15-17)27-3/h14-15,18H,5-13,16H2,1-4H3,(H2,23,24,25). The number of nitrogens with zero attached hydrogens (tertiary/aromatic N) is 1. The Bertz CT molecular complexity index is 605. The van der Waals surface area contributed by atoms with Crippen LogP contribution in [0.2, 0.25) is 0 Å². The Balaban J connectivity index is 1.86. The molecule has 0 aliphatic heterocycles. The highest BCUT2D eigenvalue weighted by molar-refractivity contribution is 5.79. The van der Waals surface area contributed by atoms with E-state index in [9.17, 15) is 0 Å². The molecule has 0 spiro atoms. The van der Waals surface area contributed by atoms with Gasteiger partial charge in [0.1, 0.15) is 0 Å². The molecule has 2 N–H and O–H groups in total. The normalized spacial score (nSPS) is 15.1. The number of rotatable bonds is 11. The Labute approximate surface area is 175 Å². The lowest BCUT2D eigenvalue weighted by Gasteiger charge is -2.22. The van der Waals surface area contributed by atoms with E-state index in [0.717, 1.165) is 37.6 Å². The fourth-order valence-electron chi connectivity index (χ4n) is 3.50. The number of ether oxygens (including phenoxy) is 4. The topological polar surface area (TPSA) is 73.3 Å². The average Bonchev–Trinajstić information content (AvgIpc) is 2.76. The minimum Gasteiger partial charge on any atom is -0.493 e. The molecule has 1 aromatic carbocycles. The monoisotopic (exact) mass is 407 g/mol. The molecule has 164 valence electrons. The largest absolute Gasteiger partial charge is 0.493 e. The summed E-state index contributed by atoms with van der Waals surface area (Å²) in [6.07, 6.45) is 7.83. The molecule has 0 unspecified atom stereocenters. The van der Waals surface area contributed by atoms with Crippen molar-refractivity contribution in [3.63, 3.8) is 0 Å². The van der Waals surface area contributed by atoms with Crippen molar-refractivity contribution in [1.82, 2.24) is 10.6 Å². The summed E-state index contributed by atoms with van der Waals surface area (Å²) in [6, 6.07) is 3.85. The van der Waals surface area contributed by atoms with Crippen LogP contribution in [0.25, 0.3) is 0 Å². The van der Waals surface area contributed by atoms with Crippen molar-refractivity contribution in [2.24, 2.45) is 4.99 Å². The van der Waals surface area contributed by atoms with Gasteiger partial charge < -0.3 is 29.6 Å². The average molecular weight is 408 g/mol. The van der Waals surface area contributed by atoms with Gasteiger partial charge in [0.15, 0.2) is 17.5 Å². The van der Waals surface area contributed by atoms with Gasteiger partial charge in [0.25, 0.3) is 0 Å². The minimum atomic E-state index is 0.464. The molecular weight excluding hydrogens is 370 g/mol. The third-order valence-corrected chi connectivity index (χ3v) is 5.01. The molecule has 0 bridgehead atoms. The lowest BCUT2D eigenvalue weighted by atomic mass is 9.98. The van der Waals surface area contributed by atoms with Crippen LogP contribution < -0.4 is 24.8 Å². The fourth-order valence-corrected chi connectivity index (χ4v) is 3.50. The quantitative estimate of drug-likeness (QED) is 0.332. The summed E-state index contributed by atoms with van der Waals surface area (Å²) in [4.78, 5) is 4.68. The molecule has 1 aliphatic carbocycles. The summed E-state index contributed by atoms with van der Waals surface area (Å²) < 4.78 is 22.2. The summed E-state index contributed by atoms with van der Waals surface area (Å²) in [6.45, 7) is 4.99. The van der Waals surface area contributed by atoms with Crippen molar-refractivity contribution < 1.29 is 18.9 Å². The maximum absolute atomic E-state index is 5.99. The van der Waals surface area contributed by atoms with Crippen LogP contribution in [0.5, 0.6) is 17.2 Å². The summed E-state index contributed by atoms with van der Waals surface area (Å²) >= 11 is 0. The molecule has 0 atom stereocenters. The molecule has 1 aliphatic rings. The van der Waals surface area contributed by atoms with E-state index in [2.05, 4.69) is 22.5 Å². The van der Waals surface area contributed by atoms with Gasteiger partial charge in [0.05, 0.1) is 34.0 Å². The van der Waals surface area contributed by atoms with Crippen molar-refractivity contribution in [2.75, 3.05) is 41.0 Å². The SMILES string of the molecule is CCNC(=NCc1cc(OC)c(OC)c(OC)c1)NCCCOC1CCCCC1. The Morgan fingerprint density at radius 1 is 1.00 bits per heavy atom. The predicted molar refractivity (Wildman–Crippen MR) is 116 cm³/mol. The van der Waals surface area contributed by atoms with Crippen LogP contribution in [0, 0.1) is 0 Å². The molecule has 2 rings (SSSR count). The number of methoxy groups -OCH3 is 3. The zero-order valence-corrected chi connectivity index (χ0v) is 18.4. The molecule has 1 saturated carbocycles. The van der Waals surface area contributed by atoms with Gasteiger partial charge in [-0.25, -0.2) is 4.99 Å². The lowest BCUT2D eigenvalue weighted by Crippen LogP contribution is -2.38. The molecule has 0 heterocycles. The number of guanidine groups is 1. The number of aliphatic imine (C=N–C) groups is 1. The van der Waals surface area contributed by atoms with Gasteiger partial charge in [-0.1, -0.05) is 19.3 Å². The molecule has 0 aromatic heterocycles. The number of hydrogen-bond donors (Lipinski definition) is 2. The zero-order valence-electron chi connectivity index (χ0n) is 18.4. The fraction of sp³-hybridized carbons (Fsp3) is 0.682. The Kier molecular flexibility index (Phi) is 10.5. The van der Waals surface area contributed by atoms with Crippen molar-refractivity contribution in [1.29, 1.82) is 0 Å². The molecule has 0 radical (unpaired) electrons. The smallest absolute Gasteiger partial charge is 0.203 e. The van der Waals surface area contributed by atoms with E-state index in [1.54, 1.807) is 21.3 Å². The minimum absolute atomic E-state index is 0.464. The Morgan fingerprint density at radius 3 is 2.28 bits per heavy atom. The summed E-state index contributed by atoms with van der Waals surface area (Å²) in [5.41, 5.74) is 0.984. The van der Waals surface area contributed by atoms with Crippen LogP contribution in [0.3, 0.4) is 0 Å². The molecule has 1 aromatic rings. The molecule has 7 heteroatoms. The van der Waals surface area contributed by atoms with Crippen LogP contribution in [-0.4, -0.2) is 53.1 Å². The maximum Gasteiger partial charge on any atom is 0.203 e. The summed E-state index contributed by atoms with van der Waals surface area (Å²) in [5.74, 6) is 2.65. The second-order valence-corrected chi connectivity index (χ2v) is 7.14. The van der Waals surface area contributed by atoms with Crippen molar-refractivity contribution in [3.05, 3.63) is 17.7 Å². The van der Waals surface area contributed by atoms with Gasteiger partial charge in [0, 0.05) is 19.7 Å². The zero-order chi connectivity index (χ0) is 20.9. The first kappa shape index (κ1) is 23.1. The van der Waals surface area contributed by atoms with Crippen molar-refractivity contribution in [2.45, 2.75) is 58.1 Å². The van der Waals surface area contributed by atoms with Gasteiger partial charge in [0.2, 0.25) is 5.75 Å². The Morgan fingerprint density at radius 2 is 1.69 bits per heavy atom. The highest BCUT2D eigenvalue weighted by Gasteiger charge is 2.14. The molecule has 7 nitrogen and oxygen atoms in total. The Hall–Kier alpha value is -2.15. The van der Waals surface area contributed by atoms with Crippen molar-refractivity contribution >= 4 is 5.96 Å². The lowest BCUT2D eigenvalue weighted by molar-refractivity contribution is 0.0277. The first-order chi connectivity index (χ1) is 14.2. The molecule has 29 heavy (non-hydrogen) atoms. The van der Waals surface area contributed by atoms with Crippen LogP contribution in [0.4, 0.5) is 0 Å². The molecule has 1 fully saturated rings. The first-order valence-electron chi connectivity index (χ1n) is 10.6. The van der Waals surface area contributed by atoms with Crippen LogP contribution in [0.15, 0.2) is 17.1 Å². The first-order valence-corrected chi connectivity index (χ1v) is 10.6. The van der Waals surface area contributed by atoms with E-state index in [-0.39, 0.29) is 0 Å². The highest BCUT2D eigenvalue weighted by Crippen LogP contribution is 2.38. The van der Waals surface area contributed by atoms with E-state index >= 15 is 0 Å². The predicted octanol–water partition coefficient (Wildman–Crippen LogP) is 3.51. The summed E-state index contributed by atoms with van der Waals surface area (Å²) in [5, 5.41) is 6.66. The molecule has 0 amide bonds. The third-order valence-electron chi connectivity index (χ3n) is 5.01. The van der Waals surface area contributed by atoms with Gasteiger partial charge in [-0.15, -0.1) is 0 Å². The van der Waals surface area contributed by atoms with Gasteiger partial charge in [-0.2, -0.15) is 0 Å². The van der Waals surface area contributed by atoms with Crippen LogP contribution >= 0.6 is 0 Å². The van der Waals surface area contributed by atoms with Gasteiger partial charge >= 0.3 is 0 Å². The maximum atomic E-state index is 5.99. The number of hydrogen-bond acceptors (Lipinski definition) is 5. The van der Waals surface area contributed by atoms with E-state index in [4.69, 9.17) is 18.9 Å². The van der Waals surface area contributed by atoms with Crippen LogP contribution in [-0.2, 0) is 11.3 Å².